The van der Waals surface area contributed by atoms with Gasteiger partial charge in [-0.25, -0.2) is 4.98 Å². The van der Waals surface area contributed by atoms with Gasteiger partial charge in [0.15, 0.2) is 5.69 Å². The molecule has 6 nitrogen and oxygen atoms in total. The third-order valence-corrected chi connectivity index (χ3v) is 4.45. The van der Waals surface area contributed by atoms with Crippen LogP contribution in [0.4, 0.5) is 0 Å². The standard InChI is InChI=1S/C21H20N2O4/c1-21(2,20(26)27)12-23-19(25)18-17(24)10-14(11-22-18)16-9-5-7-13-6-3-4-8-15(13)16/h3-11,24H,12H2,1-2H3,(H,23,25)(H,26,27). The fourth-order valence-electron chi connectivity index (χ4n) is 2.71. The van der Waals surface area contributed by atoms with Crippen LogP contribution >= 0.6 is 0 Å². The molecule has 138 valence electrons. The van der Waals surface area contributed by atoms with Crippen molar-refractivity contribution in [3.63, 3.8) is 0 Å². The quantitative estimate of drug-likeness (QED) is 0.644. The molecule has 0 saturated carbocycles. The van der Waals surface area contributed by atoms with Crippen LogP contribution in [-0.2, 0) is 4.79 Å². The van der Waals surface area contributed by atoms with Gasteiger partial charge in [0.05, 0.1) is 5.41 Å². The zero-order valence-corrected chi connectivity index (χ0v) is 15.1. The van der Waals surface area contributed by atoms with Crippen LogP contribution in [0.1, 0.15) is 24.3 Å². The Morgan fingerprint density at radius 2 is 1.81 bits per heavy atom. The van der Waals surface area contributed by atoms with Crippen molar-refractivity contribution in [2.75, 3.05) is 6.54 Å². The smallest absolute Gasteiger partial charge is 0.310 e. The van der Waals surface area contributed by atoms with Gasteiger partial charge in [-0.05, 0) is 36.2 Å². The molecule has 0 unspecified atom stereocenters. The molecular weight excluding hydrogens is 344 g/mol. The molecule has 6 heteroatoms. The first-order chi connectivity index (χ1) is 12.8. The van der Waals surface area contributed by atoms with Gasteiger partial charge >= 0.3 is 5.97 Å². The molecule has 0 aliphatic carbocycles. The molecule has 2 aromatic carbocycles. The lowest BCUT2D eigenvalue weighted by molar-refractivity contribution is -0.146. The second kappa shape index (κ2) is 7.07. The zero-order valence-electron chi connectivity index (χ0n) is 15.1. The van der Waals surface area contributed by atoms with Crippen molar-refractivity contribution in [3.05, 3.63) is 60.4 Å². The van der Waals surface area contributed by atoms with Gasteiger partial charge in [0.25, 0.3) is 5.91 Å². The van der Waals surface area contributed by atoms with E-state index in [1.54, 1.807) is 0 Å². The number of carbonyl (C=O) groups is 2. The normalized spacial score (nSPS) is 11.3. The van der Waals surface area contributed by atoms with Gasteiger partial charge in [0, 0.05) is 18.3 Å². The van der Waals surface area contributed by atoms with Crippen LogP contribution in [0.25, 0.3) is 21.9 Å². The van der Waals surface area contributed by atoms with Gasteiger partial charge in [0.1, 0.15) is 5.75 Å². The number of nitrogens with one attached hydrogen (secondary N) is 1. The van der Waals surface area contributed by atoms with Gasteiger partial charge in [-0.3, -0.25) is 9.59 Å². The molecule has 0 saturated heterocycles. The molecule has 3 N–H and O–H groups in total. The molecule has 0 aliphatic rings. The van der Waals surface area contributed by atoms with E-state index in [9.17, 15) is 14.7 Å². The Morgan fingerprint density at radius 1 is 1.11 bits per heavy atom. The number of carboxylic acid groups (broad SMARTS) is 1. The molecule has 0 radical (unpaired) electrons. The molecule has 1 heterocycles. The molecule has 0 fully saturated rings. The van der Waals surface area contributed by atoms with Crippen molar-refractivity contribution >= 4 is 22.6 Å². The van der Waals surface area contributed by atoms with E-state index >= 15 is 0 Å². The average molecular weight is 364 g/mol. The number of aromatic hydroxyl groups is 1. The van der Waals surface area contributed by atoms with Gasteiger partial charge in [-0.1, -0.05) is 42.5 Å². The summed E-state index contributed by atoms with van der Waals surface area (Å²) in [5.74, 6) is -1.90. The number of carbonyl (C=O) groups excluding carboxylic acids is 1. The molecule has 0 atom stereocenters. The highest BCUT2D eigenvalue weighted by molar-refractivity contribution is 5.98. The van der Waals surface area contributed by atoms with Crippen LogP contribution < -0.4 is 5.32 Å². The number of hydrogen-bond donors (Lipinski definition) is 3. The van der Waals surface area contributed by atoms with Crippen molar-refractivity contribution < 1.29 is 19.8 Å². The van der Waals surface area contributed by atoms with E-state index in [0.717, 1.165) is 16.3 Å². The largest absolute Gasteiger partial charge is 0.505 e. The lowest BCUT2D eigenvalue weighted by Crippen LogP contribution is -2.39. The van der Waals surface area contributed by atoms with E-state index in [1.807, 2.05) is 42.5 Å². The maximum atomic E-state index is 12.3. The van der Waals surface area contributed by atoms with E-state index in [-0.39, 0.29) is 18.0 Å². The lowest BCUT2D eigenvalue weighted by atomic mass is 9.94. The predicted molar refractivity (Wildman–Crippen MR) is 103 cm³/mol. The van der Waals surface area contributed by atoms with Gasteiger partial charge in [0.2, 0.25) is 0 Å². The Hall–Kier alpha value is -3.41. The van der Waals surface area contributed by atoms with Crippen LogP contribution in [0.5, 0.6) is 5.75 Å². The number of carboxylic acids is 1. The summed E-state index contributed by atoms with van der Waals surface area (Å²) in [5, 5.41) is 24.0. The minimum Gasteiger partial charge on any atom is -0.505 e. The minimum atomic E-state index is -1.12. The van der Waals surface area contributed by atoms with E-state index < -0.39 is 17.3 Å². The number of aliphatic carboxylic acids is 1. The zero-order chi connectivity index (χ0) is 19.6. The number of aromatic nitrogens is 1. The highest BCUT2D eigenvalue weighted by Crippen LogP contribution is 2.30. The number of pyridine rings is 1. The SMILES string of the molecule is CC(C)(CNC(=O)c1ncc(-c2cccc3ccccc23)cc1O)C(=O)O. The van der Waals surface area contributed by atoms with Crippen LogP contribution in [0.15, 0.2) is 54.7 Å². The fraction of sp³-hybridized carbons (Fsp3) is 0.190. The number of fused-ring (bicyclic) bond motifs is 1. The monoisotopic (exact) mass is 364 g/mol. The molecule has 3 aromatic rings. The Morgan fingerprint density at radius 3 is 2.52 bits per heavy atom. The Balaban J connectivity index is 1.88. The summed E-state index contributed by atoms with van der Waals surface area (Å²) >= 11 is 0. The predicted octanol–water partition coefficient (Wildman–Crippen LogP) is 3.45. The summed E-state index contributed by atoms with van der Waals surface area (Å²) in [7, 11) is 0. The van der Waals surface area contributed by atoms with Crippen molar-refractivity contribution in [1.29, 1.82) is 0 Å². The number of nitrogens with zero attached hydrogens (tertiary/aromatic N) is 1. The molecule has 0 aliphatic heterocycles. The van der Waals surface area contributed by atoms with E-state index in [2.05, 4.69) is 10.3 Å². The van der Waals surface area contributed by atoms with Crippen LogP contribution in [0.3, 0.4) is 0 Å². The molecule has 0 spiro atoms. The Bertz CT molecular complexity index is 1020. The average Bonchev–Trinajstić information content (AvgIpc) is 2.65. The molecule has 1 amide bonds. The summed E-state index contributed by atoms with van der Waals surface area (Å²) in [6.07, 6.45) is 1.53. The van der Waals surface area contributed by atoms with Gasteiger partial charge < -0.3 is 15.5 Å². The fourth-order valence-corrected chi connectivity index (χ4v) is 2.71. The van der Waals surface area contributed by atoms with E-state index in [0.29, 0.717) is 5.56 Å². The third-order valence-electron chi connectivity index (χ3n) is 4.45. The van der Waals surface area contributed by atoms with Gasteiger partial charge in [-0.15, -0.1) is 0 Å². The Labute approximate surface area is 156 Å². The summed E-state index contributed by atoms with van der Waals surface area (Å²) in [5.41, 5.74) is 0.329. The van der Waals surface area contributed by atoms with Crippen molar-refractivity contribution in [3.8, 4) is 16.9 Å². The number of benzene rings is 2. The van der Waals surface area contributed by atoms with Crippen molar-refractivity contribution in [2.45, 2.75) is 13.8 Å². The highest BCUT2D eigenvalue weighted by Gasteiger charge is 2.28. The first-order valence-corrected chi connectivity index (χ1v) is 8.48. The highest BCUT2D eigenvalue weighted by atomic mass is 16.4. The molecule has 27 heavy (non-hydrogen) atoms. The summed E-state index contributed by atoms with van der Waals surface area (Å²) in [6, 6.07) is 15.2. The maximum Gasteiger partial charge on any atom is 0.310 e. The molecule has 1 aromatic heterocycles. The third kappa shape index (κ3) is 3.74. The first kappa shape index (κ1) is 18.4. The second-order valence-corrected chi connectivity index (χ2v) is 6.99. The minimum absolute atomic E-state index is 0.0760. The van der Waals surface area contributed by atoms with Crippen molar-refractivity contribution in [2.24, 2.45) is 5.41 Å². The van der Waals surface area contributed by atoms with E-state index in [1.165, 1.54) is 26.1 Å². The Kier molecular flexibility index (Phi) is 4.81. The van der Waals surface area contributed by atoms with Crippen LogP contribution in [-0.4, -0.2) is 33.6 Å². The number of hydrogen-bond acceptors (Lipinski definition) is 4. The van der Waals surface area contributed by atoms with E-state index in [4.69, 9.17) is 5.11 Å². The molecular formula is C21H20N2O4. The van der Waals surface area contributed by atoms with Crippen molar-refractivity contribution in [1.82, 2.24) is 10.3 Å². The first-order valence-electron chi connectivity index (χ1n) is 8.48. The summed E-state index contributed by atoms with van der Waals surface area (Å²) in [4.78, 5) is 27.5. The second-order valence-electron chi connectivity index (χ2n) is 6.99. The number of rotatable bonds is 5. The molecule has 3 rings (SSSR count). The van der Waals surface area contributed by atoms with Crippen LogP contribution in [0.2, 0.25) is 0 Å². The van der Waals surface area contributed by atoms with Gasteiger partial charge in [-0.2, -0.15) is 0 Å². The molecule has 0 bridgehead atoms. The lowest BCUT2D eigenvalue weighted by Gasteiger charge is -2.19. The summed E-state index contributed by atoms with van der Waals surface area (Å²) in [6.45, 7) is 2.94. The van der Waals surface area contributed by atoms with Crippen LogP contribution in [0, 0.1) is 5.41 Å². The number of amides is 1. The topological polar surface area (TPSA) is 99.5 Å². The summed E-state index contributed by atoms with van der Waals surface area (Å²) < 4.78 is 0. The maximum absolute atomic E-state index is 12.3.